The SMILES string of the molecule is Cc1ncc(Cl)c(=N)n1O. The Bertz CT molecular complexity index is 306. The van der Waals surface area contributed by atoms with E-state index in [1.165, 1.54) is 6.20 Å². The van der Waals surface area contributed by atoms with Crippen molar-refractivity contribution in [2.45, 2.75) is 6.92 Å². The number of aryl methyl sites for hydroxylation is 1. The van der Waals surface area contributed by atoms with E-state index in [-0.39, 0.29) is 10.5 Å². The van der Waals surface area contributed by atoms with E-state index in [4.69, 9.17) is 22.2 Å². The van der Waals surface area contributed by atoms with Gasteiger partial charge in [-0.05, 0) is 6.92 Å². The zero-order valence-electron chi connectivity index (χ0n) is 5.30. The van der Waals surface area contributed by atoms with Gasteiger partial charge in [-0.3, -0.25) is 5.41 Å². The van der Waals surface area contributed by atoms with Crippen LogP contribution in [0.3, 0.4) is 0 Å². The van der Waals surface area contributed by atoms with E-state index in [0.29, 0.717) is 10.6 Å². The van der Waals surface area contributed by atoms with Gasteiger partial charge in [0.05, 0.1) is 6.20 Å². The lowest BCUT2D eigenvalue weighted by molar-refractivity contribution is 0.159. The van der Waals surface area contributed by atoms with E-state index in [0.717, 1.165) is 0 Å². The Kier molecular flexibility index (Phi) is 1.63. The van der Waals surface area contributed by atoms with Crippen LogP contribution in [0.25, 0.3) is 0 Å². The number of hydrogen-bond acceptors (Lipinski definition) is 3. The molecule has 0 fully saturated rings. The summed E-state index contributed by atoms with van der Waals surface area (Å²) in [6, 6.07) is 0. The molecule has 0 aromatic carbocycles. The molecule has 0 amide bonds. The summed E-state index contributed by atoms with van der Waals surface area (Å²) in [4.78, 5) is 3.70. The molecule has 0 spiro atoms. The van der Waals surface area contributed by atoms with Gasteiger partial charge in [-0.2, -0.15) is 4.73 Å². The maximum atomic E-state index is 8.97. The van der Waals surface area contributed by atoms with E-state index in [2.05, 4.69) is 4.98 Å². The summed E-state index contributed by atoms with van der Waals surface area (Å²) in [6.45, 7) is 1.58. The molecule has 10 heavy (non-hydrogen) atoms. The van der Waals surface area contributed by atoms with Crippen molar-refractivity contribution in [1.29, 1.82) is 5.41 Å². The number of aromatic nitrogens is 2. The highest BCUT2D eigenvalue weighted by Gasteiger charge is 1.98. The molecule has 0 saturated heterocycles. The lowest BCUT2D eigenvalue weighted by Gasteiger charge is -2.00. The fourth-order valence-corrected chi connectivity index (χ4v) is 0.658. The zero-order valence-corrected chi connectivity index (χ0v) is 6.05. The third-order valence-corrected chi connectivity index (χ3v) is 1.39. The minimum Gasteiger partial charge on any atom is -0.425 e. The van der Waals surface area contributed by atoms with Gasteiger partial charge in [-0.1, -0.05) is 11.6 Å². The van der Waals surface area contributed by atoms with Crippen molar-refractivity contribution in [1.82, 2.24) is 9.71 Å². The van der Waals surface area contributed by atoms with E-state index in [9.17, 15) is 0 Å². The van der Waals surface area contributed by atoms with E-state index in [1.807, 2.05) is 0 Å². The molecule has 0 atom stereocenters. The first kappa shape index (κ1) is 7.08. The minimum absolute atomic E-state index is 0.133. The lowest BCUT2D eigenvalue weighted by Crippen LogP contribution is -2.21. The van der Waals surface area contributed by atoms with Crippen LogP contribution in [-0.4, -0.2) is 14.9 Å². The Balaban J connectivity index is 3.50. The van der Waals surface area contributed by atoms with Gasteiger partial charge >= 0.3 is 0 Å². The summed E-state index contributed by atoms with van der Waals surface area (Å²) >= 11 is 5.46. The highest BCUT2D eigenvalue weighted by atomic mass is 35.5. The number of halogens is 1. The highest BCUT2D eigenvalue weighted by molar-refractivity contribution is 6.30. The van der Waals surface area contributed by atoms with Crippen molar-refractivity contribution in [3.05, 3.63) is 22.5 Å². The van der Waals surface area contributed by atoms with Crippen molar-refractivity contribution in [2.75, 3.05) is 0 Å². The maximum absolute atomic E-state index is 8.97. The van der Waals surface area contributed by atoms with Crippen molar-refractivity contribution in [3.63, 3.8) is 0 Å². The highest BCUT2D eigenvalue weighted by Crippen LogP contribution is 1.96. The minimum atomic E-state index is -0.144. The maximum Gasteiger partial charge on any atom is 0.183 e. The van der Waals surface area contributed by atoms with Gasteiger partial charge in [0.25, 0.3) is 0 Å². The Morgan fingerprint density at radius 2 is 2.40 bits per heavy atom. The summed E-state index contributed by atoms with van der Waals surface area (Å²) in [5.74, 6) is 0.342. The van der Waals surface area contributed by atoms with Crippen molar-refractivity contribution in [3.8, 4) is 0 Å². The first-order chi connectivity index (χ1) is 4.63. The molecule has 1 aromatic heterocycles. The lowest BCUT2D eigenvalue weighted by atomic mass is 10.6. The summed E-state index contributed by atoms with van der Waals surface area (Å²) in [7, 11) is 0. The molecule has 0 unspecified atom stereocenters. The van der Waals surface area contributed by atoms with Gasteiger partial charge in [0.15, 0.2) is 5.49 Å². The molecular weight excluding hydrogens is 154 g/mol. The molecule has 0 aliphatic rings. The van der Waals surface area contributed by atoms with Crippen molar-refractivity contribution >= 4 is 11.6 Å². The topological polar surface area (TPSA) is 61.9 Å². The first-order valence-corrected chi connectivity index (χ1v) is 2.98. The van der Waals surface area contributed by atoms with Crippen LogP contribution in [0, 0.1) is 12.3 Å². The summed E-state index contributed by atoms with van der Waals surface area (Å²) in [5.41, 5.74) is -0.144. The van der Waals surface area contributed by atoms with Gasteiger partial charge in [-0.25, -0.2) is 4.98 Å². The third kappa shape index (κ3) is 0.974. The molecule has 1 aromatic rings. The van der Waals surface area contributed by atoms with Crippen LogP contribution in [0.4, 0.5) is 0 Å². The molecule has 4 nitrogen and oxygen atoms in total. The van der Waals surface area contributed by atoms with Crippen molar-refractivity contribution < 1.29 is 5.21 Å². The van der Waals surface area contributed by atoms with Crippen LogP contribution >= 0.6 is 11.6 Å². The van der Waals surface area contributed by atoms with Crippen LogP contribution in [0.15, 0.2) is 6.20 Å². The molecule has 0 aliphatic carbocycles. The zero-order chi connectivity index (χ0) is 7.72. The van der Waals surface area contributed by atoms with Crippen LogP contribution in [-0.2, 0) is 0 Å². The normalized spacial score (nSPS) is 9.80. The molecular formula is C5H6ClN3O. The summed E-state index contributed by atoms with van der Waals surface area (Å²) in [5, 5.41) is 16.2. The van der Waals surface area contributed by atoms with Gasteiger partial charge in [0, 0.05) is 0 Å². The predicted molar refractivity (Wildman–Crippen MR) is 35.0 cm³/mol. The average Bonchev–Trinajstić information content (AvgIpc) is 1.93. The fourth-order valence-electron chi connectivity index (χ4n) is 0.529. The number of rotatable bonds is 0. The van der Waals surface area contributed by atoms with E-state index < -0.39 is 0 Å². The Hall–Kier alpha value is -1.03. The van der Waals surface area contributed by atoms with Crippen LogP contribution < -0.4 is 5.49 Å². The summed E-state index contributed by atoms with van der Waals surface area (Å²) in [6.07, 6.45) is 1.33. The molecule has 0 aliphatic heterocycles. The molecule has 0 saturated carbocycles. The van der Waals surface area contributed by atoms with Crippen LogP contribution in [0.1, 0.15) is 5.82 Å². The second kappa shape index (κ2) is 2.30. The molecule has 54 valence electrons. The van der Waals surface area contributed by atoms with E-state index >= 15 is 0 Å². The molecule has 0 bridgehead atoms. The van der Waals surface area contributed by atoms with Gasteiger partial charge < -0.3 is 5.21 Å². The largest absolute Gasteiger partial charge is 0.425 e. The molecule has 5 heteroatoms. The van der Waals surface area contributed by atoms with Crippen molar-refractivity contribution in [2.24, 2.45) is 0 Å². The molecule has 1 heterocycles. The van der Waals surface area contributed by atoms with Gasteiger partial charge in [-0.15, -0.1) is 0 Å². The molecule has 2 N–H and O–H groups in total. The third-order valence-electron chi connectivity index (χ3n) is 1.11. The van der Waals surface area contributed by atoms with Gasteiger partial charge in [0.2, 0.25) is 0 Å². The van der Waals surface area contributed by atoms with E-state index in [1.54, 1.807) is 6.92 Å². The van der Waals surface area contributed by atoms with Crippen LogP contribution in [0.5, 0.6) is 0 Å². The predicted octanol–water partition coefficient (Wildman–Crippen LogP) is 0.562. The molecule has 1 rings (SSSR count). The smallest absolute Gasteiger partial charge is 0.183 e. The fraction of sp³-hybridized carbons (Fsp3) is 0.200. The second-order valence-electron chi connectivity index (χ2n) is 1.81. The number of nitrogens with zero attached hydrogens (tertiary/aromatic N) is 2. The monoisotopic (exact) mass is 159 g/mol. The summed E-state index contributed by atoms with van der Waals surface area (Å²) < 4.78 is 0.627. The number of nitrogens with one attached hydrogen (secondary N) is 1. The Morgan fingerprint density at radius 1 is 1.80 bits per heavy atom. The van der Waals surface area contributed by atoms with Gasteiger partial charge in [0.1, 0.15) is 10.8 Å². The Morgan fingerprint density at radius 3 is 2.90 bits per heavy atom. The second-order valence-corrected chi connectivity index (χ2v) is 2.22. The standard InChI is InChI=1S/C5H6ClN3O/c1-3-8-2-4(6)5(7)9(3)10/h2,7,10H,1H3. The quantitative estimate of drug-likeness (QED) is 0.544. The molecule has 0 radical (unpaired) electrons. The number of hydrogen-bond donors (Lipinski definition) is 2. The first-order valence-electron chi connectivity index (χ1n) is 2.61. The Labute approximate surface area is 62.2 Å². The average molecular weight is 160 g/mol. The van der Waals surface area contributed by atoms with Crippen LogP contribution in [0.2, 0.25) is 5.02 Å².